The van der Waals surface area contributed by atoms with Crippen molar-refractivity contribution < 1.29 is 42.8 Å². The van der Waals surface area contributed by atoms with Gasteiger partial charge in [-0.2, -0.15) is 0 Å². The summed E-state index contributed by atoms with van der Waals surface area (Å²) in [5.74, 6) is -0.370. The molecule has 3 unspecified atom stereocenters. The predicted molar refractivity (Wildman–Crippen MR) is 86.1 cm³/mol. The minimum Gasteiger partial charge on any atom is -0.459 e. The van der Waals surface area contributed by atoms with E-state index in [2.05, 4.69) is 4.74 Å². The molecule has 0 bridgehead atoms. The number of hydrogen-bond acceptors (Lipinski definition) is 9. The minimum absolute atomic E-state index is 0.0947. The van der Waals surface area contributed by atoms with Gasteiger partial charge in [-0.3, -0.25) is 4.79 Å². The third kappa shape index (κ3) is 13.0. The maximum atomic E-state index is 11.5. The van der Waals surface area contributed by atoms with Crippen LogP contribution in [0.3, 0.4) is 0 Å². The van der Waals surface area contributed by atoms with Crippen molar-refractivity contribution in [3.05, 3.63) is 0 Å². The average molecular weight is 364 g/mol. The van der Waals surface area contributed by atoms with E-state index in [4.69, 9.17) is 23.7 Å². The van der Waals surface area contributed by atoms with Crippen molar-refractivity contribution >= 4 is 18.3 Å². The first-order valence-corrected chi connectivity index (χ1v) is 8.22. The Morgan fingerprint density at radius 3 is 1.68 bits per heavy atom. The quantitative estimate of drug-likeness (QED) is 0.403. The summed E-state index contributed by atoms with van der Waals surface area (Å²) in [6.07, 6.45) is -2.99. The Morgan fingerprint density at radius 2 is 1.20 bits per heavy atom. The first-order chi connectivity index (χ1) is 11.8. The first-order valence-electron chi connectivity index (χ1n) is 8.22. The molecule has 0 aliphatic rings. The largest absolute Gasteiger partial charge is 0.508 e. The maximum Gasteiger partial charge on any atom is 0.508 e. The maximum absolute atomic E-state index is 11.5. The molecule has 0 aromatic heterocycles. The van der Waals surface area contributed by atoms with Gasteiger partial charge in [0, 0.05) is 6.42 Å². The van der Waals surface area contributed by atoms with Gasteiger partial charge in [-0.05, 0) is 27.7 Å². The van der Waals surface area contributed by atoms with Gasteiger partial charge in [0.05, 0.1) is 19.8 Å². The van der Waals surface area contributed by atoms with Gasteiger partial charge in [-0.1, -0.05) is 6.92 Å². The van der Waals surface area contributed by atoms with Gasteiger partial charge in [0.25, 0.3) is 0 Å². The molecule has 0 aromatic rings. The van der Waals surface area contributed by atoms with Crippen molar-refractivity contribution in [1.29, 1.82) is 0 Å². The summed E-state index contributed by atoms with van der Waals surface area (Å²) in [6, 6.07) is 0. The molecule has 0 N–H and O–H groups in total. The fourth-order valence-electron chi connectivity index (χ4n) is 1.51. The Balaban J connectivity index is 3.83. The van der Waals surface area contributed by atoms with E-state index < -0.39 is 30.6 Å². The molecule has 146 valence electrons. The van der Waals surface area contributed by atoms with Crippen molar-refractivity contribution in [3.8, 4) is 0 Å². The van der Waals surface area contributed by atoms with Crippen LogP contribution in [0.15, 0.2) is 0 Å². The lowest BCUT2D eigenvalue weighted by Crippen LogP contribution is -2.27. The van der Waals surface area contributed by atoms with E-state index in [1.165, 1.54) is 0 Å². The lowest BCUT2D eigenvalue weighted by Gasteiger charge is -2.17. The summed E-state index contributed by atoms with van der Waals surface area (Å²) >= 11 is 0. The lowest BCUT2D eigenvalue weighted by atomic mass is 10.4. The van der Waals surface area contributed by atoms with Gasteiger partial charge in [-0.15, -0.1) is 0 Å². The van der Waals surface area contributed by atoms with Crippen LogP contribution in [0, 0.1) is 0 Å². The standard InChI is InChI=1S/C16H28O9/c1-6-14(17)23-13(5)10-22-16(19)25-12(4)9-20-8-11(3)24-15(18)21-7-2/h11-13H,6-10H2,1-5H3. The highest BCUT2D eigenvalue weighted by molar-refractivity contribution is 5.69. The number of rotatable bonds is 11. The molecule has 0 aliphatic carbocycles. The highest BCUT2D eigenvalue weighted by Crippen LogP contribution is 2.01. The monoisotopic (exact) mass is 364 g/mol. The summed E-state index contributed by atoms with van der Waals surface area (Å²) in [5.41, 5.74) is 0. The second kappa shape index (κ2) is 13.3. The van der Waals surface area contributed by atoms with Crippen LogP contribution in [0.2, 0.25) is 0 Å². The number of hydrogen-bond donors (Lipinski definition) is 0. The van der Waals surface area contributed by atoms with E-state index in [0.29, 0.717) is 0 Å². The van der Waals surface area contributed by atoms with Crippen LogP contribution in [-0.2, 0) is 33.2 Å². The third-order valence-corrected chi connectivity index (χ3v) is 2.62. The van der Waals surface area contributed by atoms with Crippen LogP contribution in [-0.4, -0.2) is 63.0 Å². The average Bonchev–Trinajstić information content (AvgIpc) is 2.52. The Kier molecular flexibility index (Phi) is 12.2. The molecule has 0 saturated heterocycles. The molecule has 9 heteroatoms. The molecule has 9 nitrogen and oxygen atoms in total. The van der Waals surface area contributed by atoms with E-state index in [-0.39, 0.29) is 38.8 Å². The highest BCUT2D eigenvalue weighted by Gasteiger charge is 2.16. The van der Waals surface area contributed by atoms with E-state index >= 15 is 0 Å². The molecule has 0 amide bonds. The molecule has 25 heavy (non-hydrogen) atoms. The lowest BCUT2D eigenvalue weighted by molar-refractivity contribution is -0.150. The summed E-state index contributed by atoms with van der Waals surface area (Å²) in [6.45, 7) is 8.60. The Bertz CT molecular complexity index is 410. The van der Waals surface area contributed by atoms with Crippen molar-refractivity contribution in [2.24, 2.45) is 0 Å². The fraction of sp³-hybridized carbons (Fsp3) is 0.812. The van der Waals surface area contributed by atoms with Crippen LogP contribution in [0.1, 0.15) is 41.0 Å². The van der Waals surface area contributed by atoms with E-state index in [9.17, 15) is 14.4 Å². The van der Waals surface area contributed by atoms with Gasteiger partial charge in [0.2, 0.25) is 0 Å². The molecular formula is C16H28O9. The van der Waals surface area contributed by atoms with Crippen LogP contribution in [0.5, 0.6) is 0 Å². The third-order valence-electron chi connectivity index (χ3n) is 2.62. The van der Waals surface area contributed by atoms with Crippen molar-refractivity contribution in [3.63, 3.8) is 0 Å². The molecule has 0 aromatic carbocycles. The van der Waals surface area contributed by atoms with Crippen molar-refractivity contribution in [2.45, 2.75) is 59.4 Å². The SMILES string of the molecule is CCOC(=O)OC(C)COCC(C)OC(=O)OCC(C)OC(=O)CC. The molecule has 0 radical (unpaired) electrons. The van der Waals surface area contributed by atoms with Crippen LogP contribution >= 0.6 is 0 Å². The van der Waals surface area contributed by atoms with Gasteiger partial charge in [0.1, 0.15) is 24.9 Å². The molecular weight excluding hydrogens is 336 g/mol. The van der Waals surface area contributed by atoms with Crippen LogP contribution in [0.4, 0.5) is 9.59 Å². The van der Waals surface area contributed by atoms with Crippen LogP contribution < -0.4 is 0 Å². The smallest absolute Gasteiger partial charge is 0.459 e. The van der Waals surface area contributed by atoms with Crippen molar-refractivity contribution in [2.75, 3.05) is 26.4 Å². The minimum atomic E-state index is -0.883. The summed E-state index contributed by atoms with van der Waals surface area (Å²) < 4.78 is 29.6. The van der Waals surface area contributed by atoms with E-state index in [0.717, 1.165) is 0 Å². The molecule has 3 atom stereocenters. The van der Waals surface area contributed by atoms with Crippen LogP contribution in [0.25, 0.3) is 0 Å². The van der Waals surface area contributed by atoms with E-state index in [1.807, 2.05) is 0 Å². The zero-order valence-corrected chi connectivity index (χ0v) is 15.4. The summed E-state index contributed by atoms with van der Waals surface area (Å²) in [5, 5.41) is 0. The Labute approximate surface area is 147 Å². The van der Waals surface area contributed by atoms with Gasteiger partial charge in [-0.25, -0.2) is 9.59 Å². The zero-order chi connectivity index (χ0) is 19.2. The molecule has 0 aliphatic heterocycles. The molecule has 0 saturated carbocycles. The number of carbonyl (C=O) groups excluding carboxylic acids is 3. The first kappa shape index (κ1) is 23.0. The highest BCUT2D eigenvalue weighted by atomic mass is 16.7. The molecule has 0 fully saturated rings. The molecule has 0 spiro atoms. The Hall–Kier alpha value is -2.03. The van der Waals surface area contributed by atoms with E-state index in [1.54, 1.807) is 34.6 Å². The zero-order valence-electron chi connectivity index (χ0n) is 15.4. The summed E-state index contributed by atoms with van der Waals surface area (Å²) in [7, 11) is 0. The fourth-order valence-corrected chi connectivity index (χ4v) is 1.51. The second-order valence-corrected chi connectivity index (χ2v) is 5.29. The predicted octanol–water partition coefficient (Wildman–Crippen LogP) is 2.45. The second-order valence-electron chi connectivity index (χ2n) is 5.29. The van der Waals surface area contributed by atoms with Gasteiger partial charge >= 0.3 is 18.3 Å². The normalized spacial score (nSPS) is 14.0. The molecule has 0 heterocycles. The number of carbonyl (C=O) groups is 3. The number of esters is 1. The Morgan fingerprint density at radius 1 is 0.720 bits per heavy atom. The molecule has 0 rings (SSSR count). The summed E-state index contributed by atoms with van der Waals surface area (Å²) in [4.78, 5) is 33.7. The van der Waals surface area contributed by atoms with Gasteiger partial charge in [0.15, 0.2) is 0 Å². The van der Waals surface area contributed by atoms with Crippen molar-refractivity contribution in [1.82, 2.24) is 0 Å². The number of ether oxygens (including phenoxy) is 6. The topological polar surface area (TPSA) is 107 Å². The van der Waals surface area contributed by atoms with Gasteiger partial charge < -0.3 is 28.4 Å².